The summed E-state index contributed by atoms with van der Waals surface area (Å²) in [7, 11) is 0. The van der Waals surface area contributed by atoms with Crippen LogP contribution >= 0.6 is 22.7 Å². The van der Waals surface area contributed by atoms with Gasteiger partial charge in [-0.05, 0) is 164 Å². The summed E-state index contributed by atoms with van der Waals surface area (Å²) < 4.78 is 24.0. The molecule has 0 N–H and O–H groups in total. The summed E-state index contributed by atoms with van der Waals surface area (Å²) in [5.41, 5.74) is 20.3. The van der Waals surface area contributed by atoms with E-state index in [-0.39, 0.29) is 0 Å². The molecule has 0 spiro atoms. The van der Waals surface area contributed by atoms with E-state index >= 15 is 0 Å². The van der Waals surface area contributed by atoms with E-state index in [0.717, 1.165) is 196 Å². The molecule has 0 unspecified atom stereocenters. The van der Waals surface area contributed by atoms with Gasteiger partial charge in [0.15, 0.2) is 34.9 Å². The number of thiophene rings is 2. The van der Waals surface area contributed by atoms with Crippen molar-refractivity contribution in [3.05, 3.63) is 376 Å². The first-order valence-electron chi connectivity index (χ1n) is 40.9. The van der Waals surface area contributed by atoms with Gasteiger partial charge >= 0.3 is 0 Å². The summed E-state index contributed by atoms with van der Waals surface area (Å²) in [6.45, 7) is 0. The standard InChI is InChI=1S/C110H62N8O2S2/c1-2-21-63(22-3-1)68-27-18-28-74(57-68)106-112-108(83-35-20-42-98-100(83)81-33-12-17-40-96(81)122-98)116-110(114-106)102-90(118-88-37-14-9-30-76(88)85-59-70-24-5-7-26-72(70)62-92(85)118)55-53-79-86-60-73(51-56-94(86)120-104(79)102)66-45-43-64(44-46-66)65-47-49-67(50-48-65)105-111-107(82-34-19-41-97-99(82)80-32-11-16-39-95(80)121-97)115-109(113-105)101-89(54-52-78-77-31-10-15-38-93(77)119-103(78)101)117-87-36-13-8-29-75(87)84-58-69-23-4-6-25-71(69)61-91(84)117/h1-62H. The highest BCUT2D eigenvalue weighted by atomic mass is 32.1. The molecule has 0 bridgehead atoms. The average Bonchev–Trinajstić information content (AvgIpc) is 1.55. The number of fused-ring (bicyclic) bond motifs is 20. The second-order valence-corrected chi connectivity index (χ2v) is 33.7. The molecule has 122 heavy (non-hydrogen) atoms. The second kappa shape index (κ2) is 26.8. The molecule has 0 atom stereocenters. The van der Waals surface area contributed by atoms with Crippen molar-refractivity contribution in [1.82, 2.24) is 39.0 Å². The van der Waals surface area contributed by atoms with E-state index in [4.69, 9.17) is 38.7 Å². The summed E-state index contributed by atoms with van der Waals surface area (Å²) in [6.07, 6.45) is 0. The highest BCUT2D eigenvalue weighted by molar-refractivity contribution is 7.26. The molecular weight excluding hydrogens is 1530 g/mol. The summed E-state index contributed by atoms with van der Waals surface area (Å²) in [5, 5.41) is 17.6. The minimum Gasteiger partial charge on any atom is -0.455 e. The van der Waals surface area contributed by atoms with Crippen molar-refractivity contribution in [2.45, 2.75) is 0 Å². The molecule has 26 aromatic rings. The van der Waals surface area contributed by atoms with Crippen LogP contribution in [0.1, 0.15) is 0 Å². The normalized spacial score (nSPS) is 12.1. The van der Waals surface area contributed by atoms with Gasteiger partial charge in [0.2, 0.25) is 0 Å². The minimum absolute atomic E-state index is 0.487. The lowest BCUT2D eigenvalue weighted by Gasteiger charge is -2.16. The molecule has 10 nitrogen and oxygen atoms in total. The zero-order chi connectivity index (χ0) is 79.8. The summed E-state index contributed by atoms with van der Waals surface area (Å²) >= 11 is 3.56. The van der Waals surface area contributed by atoms with Crippen molar-refractivity contribution in [3.8, 4) is 113 Å². The lowest BCUT2D eigenvalue weighted by Crippen LogP contribution is -2.04. The number of rotatable bonds is 11. The number of benzene rings is 18. The molecule has 12 heteroatoms. The van der Waals surface area contributed by atoms with Gasteiger partial charge in [0, 0.05) is 106 Å². The van der Waals surface area contributed by atoms with Crippen LogP contribution in [0.25, 0.3) is 262 Å². The summed E-state index contributed by atoms with van der Waals surface area (Å²) in [4.78, 5) is 33.7. The number of para-hydroxylation sites is 3. The molecule has 0 fully saturated rings. The number of hydrogen-bond donors (Lipinski definition) is 0. The predicted octanol–water partition coefficient (Wildman–Crippen LogP) is 30.1. The van der Waals surface area contributed by atoms with Crippen LogP contribution in [0.3, 0.4) is 0 Å². The van der Waals surface area contributed by atoms with Crippen LogP contribution in [0.2, 0.25) is 0 Å². The second-order valence-electron chi connectivity index (χ2n) is 31.5. The molecular formula is C110H62N8O2S2. The third kappa shape index (κ3) is 10.7. The molecule has 0 aliphatic carbocycles. The molecule has 8 aromatic heterocycles. The Morgan fingerprint density at radius 2 is 0.582 bits per heavy atom. The molecule has 18 aromatic carbocycles. The van der Waals surface area contributed by atoms with E-state index in [0.29, 0.717) is 46.1 Å². The van der Waals surface area contributed by atoms with Crippen LogP contribution < -0.4 is 0 Å². The predicted molar refractivity (Wildman–Crippen MR) is 506 cm³/mol. The Labute approximate surface area is 704 Å². The van der Waals surface area contributed by atoms with Crippen LogP contribution in [-0.2, 0) is 0 Å². The van der Waals surface area contributed by atoms with Gasteiger partial charge in [-0.25, -0.2) is 29.9 Å². The van der Waals surface area contributed by atoms with Crippen molar-refractivity contribution in [1.29, 1.82) is 0 Å². The lowest BCUT2D eigenvalue weighted by atomic mass is 9.98. The van der Waals surface area contributed by atoms with E-state index in [9.17, 15) is 0 Å². The molecule has 0 saturated carbocycles. The van der Waals surface area contributed by atoms with Crippen LogP contribution in [0, 0.1) is 0 Å². The third-order valence-corrected chi connectivity index (χ3v) is 26.9. The summed E-state index contributed by atoms with van der Waals surface area (Å²) in [5.74, 6) is 3.20. The fourth-order valence-corrected chi connectivity index (χ4v) is 21.2. The molecule has 0 saturated heterocycles. The van der Waals surface area contributed by atoms with Crippen molar-refractivity contribution in [2.75, 3.05) is 0 Å². The maximum absolute atomic E-state index is 7.41. The van der Waals surface area contributed by atoms with Crippen molar-refractivity contribution < 1.29 is 8.83 Å². The van der Waals surface area contributed by atoms with Gasteiger partial charge in [-0.3, -0.25) is 0 Å². The topological polar surface area (TPSA) is 113 Å². The summed E-state index contributed by atoms with van der Waals surface area (Å²) in [6, 6.07) is 134. The zero-order valence-corrected chi connectivity index (χ0v) is 66.6. The largest absolute Gasteiger partial charge is 0.455 e. The Kier molecular flexibility index (Phi) is 15.0. The highest BCUT2D eigenvalue weighted by Gasteiger charge is 2.30. The highest BCUT2D eigenvalue weighted by Crippen LogP contribution is 2.50. The molecule has 566 valence electrons. The molecule has 26 rings (SSSR count). The fourth-order valence-electron chi connectivity index (χ4n) is 19.0. The quantitative estimate of drug-likeness (QED) is 0.126. The number of nitrogens with zero attached hydrogens (tertiary/aromatic N) is 8. The number of aromatic nitrogens is 8. The van der Waals surface area contributed by atoms with E-state index < -0.39 is 0 Å². The maximum Gasteiger partial charge on any atom is 0.170 e. The van der Waals surface area contributed by atoms with Crippen LogP contribution in [0.4, 0.5) is 0 Å². The minimum atomic E-state index is 0.487. The Morgan fingerprint density at radius 1 is 0.205 bits per heavy atom. The molecule has 0 radical (unpaired) electrons. The van der Waals surface area contributed by atoms with Gasteiger partial charge in [-0.2, -0.15) is 0 Å². The van der Waals surface area contributed by atoms with Gasteiger partial charge in [0.1, 0.15) is 22.3 Å². The lowest BCUT2D eigenvalue weighted by molar-refractivity contribution is 0.669. The van der Waals surface area contributed by atoms with Crippen molar-refractivity contribution >= 4 is 172 Å². The smallest absolute Gasteiger partial charge is 0.170 e. The maximum atomic E-state index is 7.41. The Morgan fingerprint density at radius 3 is 1.14 bits per heavy atom. The Balaban J connectivity index is 0.619. The van der Waals surface area contributed by atoms with Gasteiger partial charge in [-0.15, -0.1) is 22.7 Å². The van der Waals surface area contributed by atoms with Crippen LogP contribution in [0.15, 0.2) is 385 Å². The fraction of sp³-hybridized carbons (Fsp3) is 0. The third-order valence-electron chi connectivity index (χ3n) is 24.6. The first-order chi connectivity index (χ1) is 60.4. The molecule has 0 amide bonds. The first kappa shape index (κ1) is 68.2. The monoisotopic (exact) mass is 1590 g/mol. The van der Waals surface area contributed by atoms with Gasteiger partial charge in [0.05, 0.1) is 44.6 Å². The van der Waals surface area contributed by atoms with Gasteiger partial charge in [0.25, 0.3) is 0 Å². The van der Waals surface area contributed by atoms with E-state index in [1.165, 1.54) is 20.2 Å². The first-order valence-corrected chi connectivity index (χ1v) is 42.6. The van der Waals surface area contributed by atoms with Crippen molar-refractivity contribution in [2.24, 2.45) is 0 Å². The molecule has 8 heterocycles. The Bertz CT molecular complexity index is 8920. The van der Waals surface area contributed by atoms with Crippen LogP contribution in [0.5, 0.6) is 0 Å². The van der Waals surface area contributed by atoms with E-state index in [1.807, 2.05) is 12.1 Å². The Hall–Kier alpha value is -15.9. The molecule has 0 aliphatic rings. The number of hydrogen-bond acceptors (Lipinski definition) is 10. The van der Waals surface area contributed by atoms with Gasteiger partial charge in [-0.1, -0.05) is 267 Å². The molecule has 0 aliphatic heterocycles. The number of furan rings is 2. The van der Waals surface area contributed by atoms with Crippen LogP contribution in [-0.4, -0.2) is 39.0 Å². The van der Waals surface area contributed by atoms with Crippen molar-refractivity contribution in [3.63, 3.8) is 0 Å². The van der Waals surface area contributed by atoms with E-state index in [2.05, 4.69) is 373 Å². The van der Waals surface area contributed by atoms with E-state index in [1.54, 1.807) is 22.7 Å². The zero-order valence-electron chi connectivity index (χ0n) is 65.0. The van der Waals surface area contributed by atoms with Gasteiger partial charge < -0.3 is 18.0 Å². The average molecular weight is 1590 g/mol. The SMILES string of the molecule is c1ccc(-c2cccc(-c3nc(-c4c(-n5c6ccccc6c6cc7ccccc7cc65)ccc5c4oc4ccc(-c6ccc(-c7ccc(-c8nc(-c9c(-n%10c%11ccccc%11c%11cc%12ccccc%12cc%11%10)ccc%10c9oc9ccccc9%10)nc(-c9cccc%10sc%11ccccc%11c9%10)n8)cc7)cc6)cc45)nc(-c4cccc5sc6ccccc6c45)n3)c2)cc1.